The first kappa shape index (κ1) is 20.5. The van der Waals surface area contributed by atoms with Crippen molar-refractivity contribution >= 4 is 27.5 Å². The van der Waals surface area contributed by atoms with Gasteiger partial charge in [-0.05, 0) is 48.4 Å². The Kier molecular flexibility index (Phi) is 5.38. The van der Waals surface area contributed by atoms with Crippen LogP contribution in [0, 0.1) is 11.3 Å². The summed E-state index contributed by atoms with van der Waals surface area (Å²) >= 11 is 6.07. The number of sulfonamides is 1. The summed E-state index contributed by atoms with van der Waals surface area (Å²) in [6, 6.07) is 5.44. The normalized spacial score (nSPS) is 21.4. The smallest absolute Gasteiger partial charge is 0.269 e. The molecule has 28 heavy (non-hydrogen) atoms. The van der Waals surface area contributed by atoms with Crippen molar-refractivity contribution in [2.45, 2.75) is 44.4 Å². The molecule has 1 saturated carbocycles. The molecule has 1 amide bonds. The molecule has 0 aliphatic heterocycles. The van der Waals surface area contributed by atoms with Gasteiger partial charge >= 0.3 is 0 Å². The van der Waals surface area contributed by atoms with Crippen LogP contribution < -0.4 is 10.3 Å². The maximum Gasteiger partial charge on any atom is 0.269 e. The van der Waals surface area contributed by atoms with Crippen molar-refractivity contribution in [3.05, 3.63) is 57.2 Å². The first-order valence-electron chi connectivity index (χ1n) is 8.92. The first-order valence-corrected chi connectivity index (χ1v) is 10.8. The Morgan fingerprint density at radius 3 is 2.64 bits per heavy atom. The third kappa shape index (κ3) is 3.98. The third-order valence-electron chi connectivity index (χ3n) is 5.22. The summed E-state index contributed by atoms with van der Waals surface area (Å²) in [4.78, 5) is 30.8. The zero-order chi connectivity index (χ0) is 20.7. The number of amides is 1. The first-order chi connectivity index (χ1) is 13.0. The summed E-state index contributed by atoms with van der Waals surface area (Å²) in [5, 5.41) is 0.240. The van der Waals surface area contributed by atoms with Gasteiger partial charge in [0.2, 0.25) is 0 Å². The lowest BCUT2D eigenvalue weighted by atomic mass is 9.78. The highest BCUT2D eigenvalue weighted by molar-refractivity contribution is 7.90. The average Bonchev–Trinajstić information content (AvgIpc) is 2.86. The van der Waals surface area contributed by atoms with Crippen molar-refractivity contribution in [3.63, 3.8) is 0 Å². The van der Waals surface area contributed by atoms with E-state index in [4.69, 9.17) is 11.6 Å². The number of pyridine rings is 2. The Morgan fingerprint density at radius 1 is 1.32 bits per heavy atom. The van der Waals surface area contributed by atoms with Gasteiger partial charge in [0, 0.05) is 12.1 Å². The molecule has 0 saturated heterocycles. The van der Waals surface area contributed by atoms with Crippen LogP contribution in [0.5, 0.6) is 0 Å². The lowest BCUT2D eigenvalue weighted by molar-refractivity contribution is 0.0978. The van der Waals surface area contributed by atoms with Crippen molar-refractivity contribution in [2.24, 2.45) is 11.3 Å². The van der Waals surface area contributed by atoms with Crippen molar-refractivity contribution in [1.29, 1.82) is 0 Å². The van der Waals surface area contributed by atoms with Crippen LogP contribution in [0.3, 0.4) is 0 Å². The molecule has 1 aliphatic carbocycles. The average molecular weight is 424 g/mol. The van der Waals surface area contributed by atoms with E-state index < -0.39 is 26.4 Å². The number of nitrogens with one attached hydrogen (secondary N) is 2. The van der Waals surface area contributed by atoms with E-state index in [9.17, 15) is 18.0 Å². The quantitative estimate of drug-likeness (QED) is 0.734. The second-order valence-electron chi connectivity index (χ2n) is 7.95. The van der Waals surface area contributed by atoms with E-state index in [2.05, 4.69) is 30.7 Å². The molecule has 0 spiro atoms. The zero-order valence-electron chi connectivity index (χ0n) is 15.8. The van der Waals surface area contributed by atoms with Gasteiger partial charge in [-0.1, -0.05) is 32.4 Å². The fraction of sp³-hybridized carbons (Fsp3) is 0.421. The molecule has 2 aromatic rings. The van der Waals surface area contributed by atoms with Crippen LogP contribution in [-0.2, 0) is 10.0 Å². The minimum Gasteiger partial charge on any atom is -0.328 e. The number of H-pyrrole nitrogens is 1. The summed E-state index contributed by atoms with van der Waals surface area (Å²) in [6.45, 7) is 6.34. The van der Waals surface area contributed by atoms with Crippen LogP contribution in [0.2, 0.25) is 5.15 Å². The maximum absolute atomic E-state index is 12.8. The molecule has 0 radical (unpaired) electrons. The minimum atomic E-state index is -4.33. The summed E-state index contributed by atoms with van der Waals surface area (Å²) in [7, 11) is -4.33. The molecule has 1 fully saturated rings. The summed E-state index contributed by atoms with van der Waals surface area (Å²) in [5.74, 6) is -0.425. The van der Waals surface area contributed by atoms with E-state index >= 15 is 0 Å². The van der Waals surface area contributed by atoms with Crippen LogP contribution in [0.15, 0.2) is 40.2 Å². The molecule has 0 bridgehead atoms. The molecule has 2 aromatic heterocycles. The topological polar surface area (TPSA) is 109 Å². The van der Waals surface area contributed by atoms with E-state index in [1.165, 1.54) is 24.4 Å². The van der Waals surface area contributed by atoms with Gasteiger partial charge in [0.05, 0.1) is 11.3 Å². The predicted molar refractivity (Wildman–Crippen MR) is 106 cm³/mol. The molecule has 1 aliphatic rings. The van der Waals surface area contributed by atoms with E-state index in [0.29, 0.717) is 11.6 Å². The number of nitrogens with zero attached hydrogens (tertiary/aromatic N) is 1. The molecular formula is C19H22ClN3O4S. The third-order valence-corrected chi connectivity index (χ3v) is 6.79. The molecule has 2 N–H and O–H groups in total. The highest BCUT2D eigenvalue weighted by Crippen LogP contribution is 2.51. The second-order valence-corrected chi connectivity index (χ2v) is 9.99. The Morgan fingerprint density at radius 2 is 2.04 bits per heavy atom. The Balaban J connectivity index is 1.99. The highest BCUT2D eigenvalue weighted by Gasteiger charge is 2.42. The minimum absolute atomic E-state index is 0.0372. The number of carbonyl (C=O) groups excluding carboxylic acids is 1. The fourth-order valence-corrected chi connectivity index (χ4v) is 5.26. The number of aromatic amines is 1. The number of carbonyl (C=O) groups is 1. The molecule has 2 heterocycles. The molecular weight excluding hydrogens is 402 g/mol. The molecule has 2 atom stereocenters. The van der Waals surface area contributed by atoms with Crippen LogP contribution in [0.1, 0.15) is 55.6 Å². The number of halogens is 1. The SMILES string of the molecule is C[C@@H]1CC(c2nc(Cl)ccc2C(=O)NS(=O)(=O)c2ccc[nH]c2=O)C(C)(C)C1. The standard InChI is InChI=1S/C19H22ClN3O4S/c1-11-9-13(19(2,3)10-11)16-12(6-7-15(20)22-16)17(24)23-28(26,27)14-5-4-8-21-18(14)25/h4-8,11,13H,9-10H2,1-3H3,(H,21,25)(H,23,24)/t11-,13?/m1/s1. The number of rotatable bonds is 4. The molecule has 9 heteroatoms. The molecule has 0 aromatic carbocycles. The van der Waals surface area contributed by atoms with Gasteiger partial charge in [-0.2, -0.15) is 0 Å². The van der Waals surface area contributed by atoms with Crippen LogP contribution >= 0.6 is 11.6 Å². The van der Waals surface area contributed by atoms with Crippen LogP contribution in [-0.4, -0.2) is 24.3 Å². The maximum atomic E-state index is 12.8. The monoisotopic (exact) mass is 423 g/mol. The Labute approximate surface area is 168 Å². The van der Waals surface area contributed by atoms with Gasteiger partial charge in [0.15, 0.2) is 4.90 Å². The van der Waals surface area contributed by atoms with Gasteiger partial charge < -0.3 is 4.98 Å². The van der Waals surface area contributed by atoms with E-state index in [0.717, 1.165) is 18.9 Å². The van der Waals surface area contributed by atoms with Crippen molar-refractivity contribution in [2.75, 3.05) is 0 Å². The molecule has 150 valence electrons. The van der Waals surface area contributed by atoms with Crippen LogP contribution in [0.25, 0.3) is 0 Å². The van der Waals surface area contributed by atoms with Crippen molar-refractivity contribution in [1.82, 2.24) is 14.7 Å². The van der Waals surface area contributed by atoms with Gasteiger partial charge in [0.25, 0.3) is 21.5 Å². The van der Waals surface area contributed by atoms with E-state index in [1.807, 2.05) is 4.72 Å². The number of hydrogen-bond acceptors (Lipinski definition) is 5. The zero-order valence-corrected chi connectivity index (χ0v) is 17.4. The van der Waals surface area contributed by atoms with Crippen molar-refractivity contribution in [3.8, 4) is 0 Å². The Hall–Kier alpha value is -2.19. The van der Waals surface area contributed by atoms with Gasteiger partial charge in [0.1, 0.15) is 5.15 Å². The van der Waals surface area contributed by atoms with Gasteiger partial charge in [-0.3, -0.25) is 9.59 Å². The summed E-state index contributed by atoms with van der Waals surface area (Å²) in [6.07, 6.45) is 3.10. The molecule has 1 unspecified atom stereocenters. The second kappa shape index (κ2) is 7.33. The Bertz CT molecular complexity index is 1080. The highest BCUT2D eigenvalue weighted by atomic mass is 35.5. The summed E-state index contributed by atoms with van der Waals surface area (Å²) in [5.41, 5.74) is -0.284. The lowest BCUT2D eigenvalue weighted by Crippen LogP contribution is -2.35. The van der Waals surface area contributed by atoms with Crippen molar-refractivity contribution < 1.29 is 13.2 Å². The number of hydrogen-bond donors (Lipinski definition) is 2. The molecule has 7 nitrogen and oxygen atoms in total. The molecule has 3 rings (SSSR count). The van der Waals surface area contributed by atoms with Crippen LogP contribution in [0.4, 0.5) is 0 Å². The largest absolute Gasteiger partial charge is 0.328 e. The lowest BCUT2D eigenvalue weighted by Gasteiger charge is -2.27. The number of aromatic nitrogens is 2. The fourth-order valence-electron chi connectivity index (χ4n) is 4.08. The summed E-state index contributed by atoms with van der Waals surface area (Å²) < 4.78 is 27.0. The van der Waals surface area contributed by atoms with Gasteiger partial charge in [-0.15, -0.1) is 0 Å². The van der Waals surface area contributed by atoms with Gasteiger partial charge in [-0.25, -0.2) is 18.1 Å². The predicted octanol–water partition coefficient (Wildman–Crippen LogP) is 3.08. The van der Waals surface area contributed by atoms with E-state index in [1.54, 1.807) is 0 Å². The van der Waals surface area contributed by atoms with E-state index in [-0.39, 0.29) is 22.0 Å².